The van der Waals surface area contributed by atoms with Gasteiger partial charge in [0.25, 0.3) is 0 Å². The largest absolute Gasteiger partial charge is 0.488 e. The number of benzene rings is 3. The minimum atomic E-state index is -0.870. The highest BCUT2D eigenvalue weighted by Gasteiger charge is 2.24. The van der Waals surface area contributed by atoms with Crippen molar-refractivity contribution in [1.29, 1.82) is 5.41 Å². The topological polar surface area (TPSA) is 112 Å². The van der Waals surface area contributed by atoms with E-state index < -0.39 is 11.9 Å². The number of nitrogens with two attached hydrogens (primary N) is 1. The van der Waals surface area contributed by atoms with Gasteiger partial charge >= 0.3 is 5.97 Å². The van der Waals surface area contributed by atoms with Crippen LogP contribution >= 0.6 is 12.4 Å². The zero-order valence-electron chi connectivity index (χ0n) is 19.0. The Morgan fingerprint density at radius 1 is 1.21 bits per heavy atom. The highest BCUT2D eigenvalue weighted by Crippen LogP contribution is 2.27. The number of nitrogens with zero attached hydrogens (tertiary/aromatic N) is 2. The molecule has 3 aromatic rings. The molecule has 0 unspecified atom stereocenters. The van der Waals surface area contributed by atoms with Gasteiger partial charge in [-0.2, -0.15) is 5.10 Å². The molecule has 1 saturated heterocycles. The average molecular weight is 481 g/mol. The Labute approximate surface area is 205 Å². The number of carboxylic acids is 1. The number of halogens is 1. The number of aliphatic carboxylic acids is 1. The van der Waals surface area contributed by atoms with Crippen LogP contribution in [0.15, 0.2) is 65.8 Å². The number of rotatable bonds is 8. The molecule has 34 heavy (non-hydrogen) atoms. The molecule has 0 saturated carbocycles. The summed E-state index contributed by atoms with van der Waals surface area (Å²) in [5.74, 6) is -0.799. The van der Waals surface area contributed by atoms with E-state index in [4.69, 9.17) is 15.9 Å². The number of fused-ring (bicyclic) bond motifs is 1. The van der Waals surface area contributed by atoms with Crippen LogP contribution < -0.4 is 10.5 Å². The van der Waals surface area contributed by atoms with E-state index in [1.54, 1.807) is 6.21 Å². The summed E-state index contributed by atoms with van der Waals surface area (Å²) in [6.07, 6.45) is 3.13. The van der Waals surface area contributed by atoms with Crippen molar-refractivity contribution >= 4 is 41.2 Å². The molecule has 0 spiro atoms. The van der Waals surface area contributed by atoms with Crippen LogP contribution in [-0.2, 0) is 11.2 Å². The molecule has 4 rings (SSSR count). The number of amidine groups is 1. The number of carbonyl (C=O) groups is 1. The number of hydrazone groups is 1. The SMILES string of the molecule is C/C=N/N1CC[C@H](Oc2ccc([C@H](Cc3ccc4ccc(C(=N)N)cc4c3)C(=O)O)cc2)C1.Cl. The minimum absolute atomic E-state index is 0. The minimum Gasteiger partial charge on any atom is -0.488 e. The summed E-state index contributed by atoms with van der Waals surface area (Å²) in [6.45, 7) is 3.51. The maximum Gasteiger partial charge on any atom is 0.311 e. The Morgan fingerprint density at radius 3 is 2.62 bits per heavy atom. The number of hydrogen-bond acceptors (Lipinski definition) is 5. The maximum atomic E-state index is 12.1. The van der Waals surface area contributed by atoms with Crippen molar-refractivity contribution in [2.45, 2.75) is 31.8 Å². The van der Waals surface area contributed by atoms with E-state index >= 15 is 0 Å². The summed E-state index contributed by atoms with van der Waals surface area (Å²) in [6, 6.07) is 18.8. The third kappa shape index (κ3) is 5.85. The first-order valence-corrected chi connectivity index (χ1v) is 11.0. The third-order valence-electron chi connectivity index (χ3n) is 5.94. The van der Waals surface area contributed by atoms with Crippen LogP contribution in [0.5, 0.6) is 5.75 Å². The first-order valence-electron chi connectivity index (χ1n) is 11.0. The fraction of sp³-hybridized carbons (Fsp3) is 0.269. The Bertz CT molecular complexity index is 1200. The van der Waals surface area contributed by atoms with Gasteiger partial charge in [-0.15, -0.1) is 12.4 Å². The number of ether oxygens (including phenoxy) is 1. The second-order valence-electron chi connectivity index (χ2n) is 8.29. The number of hydrogen-bond donors (Lipinski definition) is 3. The van der Waals surface area contributed by atoms with Gasteiger partial charge in [0.05, 0.1) is 12.5 Å². The van der Waals surface area contributed by atoms with Crippen LogP contribution in [0.4, 0.5) is 0 Å². The fourth-order valence-electron chi connectivity index (χ4n) is 4.22. The van der Waals surface area contributed by atoms with Crippen molar-refractivity contribution in [1.82, 2.24) is 5.01 Å². The first-order chi connectivity index (χ1) is 15.9. The average Bonchev–Trinajstić information content (AvgIpc) is 3.24. The molecule has 0 aliphatic carbocycles. The first kappa shape index (κ1) is 25.1. The molecule has 0 radical (unpaired) electrons. The molecule has 1 heterocycles. The number of nitrogens with one attached hydrogen (secondary N) is 1. The van der Waals surface area contributed by atoms with E-state index in [1.165, 1.54) is 0 Å². The van der Waals surface area contributed by atoms with Gasteiger partial charge in [0.1, 0.15) is 17.7 Å². The lowest BCUT2D eigenvalue weighted by Gasteiger charge is -2.17. The zero-order valence-corrected chi connectivity index (χ0v) is 19.8. The summed E-state index contributed by atoms with van der Waals surface area (Å²) in [4.78, 5) is 12.1. The van der Waals surface area contributed by atoms with Crippen LogP contribution in [0.1, 0.15) is 36.0 Å². The van der Waals surface area contributed by atoms with Gasteiger partial charge in [0.2, 0.25) is 0 Å². The summed E-state index contributed by atoms with van der Waals surface area (Å²) in [5.41, 5.74) is 7.91. The molecule has 4 N–H and O–H groups in total. The summed E-state index contributed by atoms with van der Waals surface area (Å²) in [5, 5.41) is 25.8. The smallest absolute Gasteiger partial charge is 0.311 e. The van der Waals surface area contributed by atoms with Crippen molar-refractivity contribution < 1.29 is 14.6 Å². The molecule has 8 heteroatoms. The Kier molecular flexibility index (Phi) is 8.12. The predicted molar refractivity (Wildman–Crippen MR) is 138 cm³/mol. The molecule has 3 aromatic carbocycles. The third-order valence-corrected chi connectivity index (χ3v) is 5.94. The molecule has 0 bridgehead atoms. The molecule has 0 amide bonds. The quantitative estimate of drug-likeness (QED) is 0.326. The van der Waals surface area contributed by atoms with Gasteiger partial charge in [0.15, 0.2) is 0 Å². The van der Waals surface area contributed by atoms with Crippen molar-refractivity contribution in [3.05, 3.63) is 77.4 Å². The molecule has 0 aromatic heterocycles. The second-order valence-corrected chi connectivity index (χ2v) is 8.29. The molecule has 1 fully saturated rings. The summed E-state index contributed by atoms with van der Waals surface area (Å²) in [7, 11) is 0. The lowest BCUT2D eigenvalue weighted by molar-refractivity contribution is -0.138. The summed E-state index contributed by atoms with van der Waals surface area (Å²) >= 11 is 0. The highest BCUT2D eigenvalue weighted by molar-refractivity contribution is 5.99. The maximum absolute atomic E-state index is 12.1. The number of carboxylic acid groups (broad SMARTS) is 1. The van der Waals surface area contributed by atoms with Crippen LogP contribution in [0.2, 0.25) is 0 Å². The van der Waals surface area contributed by atoms with Gasteiger partial charge < -0.3 is 15.6 Å². The van der Waals surface area contributed by atoms with E-state index in [0.717, 1.165) is 47.2 Å². The standard InChI is InChI=1S/C26H28N4O3.ClH/c1-2-29-30-12-11-23(16-30)33-22-9-7-19(8-10-22)24(26(31)32)14-17-3-4-18-5-6-20(25(27)28)15-21(18)13-17;/h2-10,13,15,23-24H,11-12,14,16H2,1H3,(H3,27,28)(H,31,32);1H/b29-2+;/t23-,24-;/m0./s1. The van der Waals surface area contributed by atoms with Gasteiger partial charge in [-0.05, 0) is 53.4 Å². The van der Waals surface area contributed by atoms with Crippen LogP contribution in [0, 0.1) is 5.41 Å². The van der Waals surface area contributed by atoms with Crippen LogP contribution in [0.3, 0.4) is 0 Å². The Balaban J connectivity index is 0.00000324. The molecule has 1 aliphatic rings. The lowest BCUT2D eigenvalue weighted by atomic mass is 9.91. The second kappa shape index (κ2) is 11.0. The van der Waals surface area contributed by atoms with Crippen LogP contribution in [0.25, 0.3) is 10.8 Å². The van der Waals surface area contributed by atoms with Gasteiger partial charge in [-0.1, -0.05) is 42.5 Å². The predicted octanol–water partition coefficient (Wildman–Crippen LogP) is 4.42. The van der Waals surface area contributed by atoms with E-state index in [0.29, 0.717) is 12.0 Å². The number of nitrogen functional groups attached to an aromatic ring is 1. The Hall–Kier alpha value is -3.58. The Morgan fingerprint density at radius 2 is 1.94 bits per heavy atom. The molecule has 178 valence electrons. The van der Waals surface area contributed by atoms with Crippen LogP contribution in [-0.4, -0.2) is 47.3 Å². The monoisotopic (exact) mass is 480 g/mol. The van der Waals surface area contributed by atoms with Crippen molar-refractivity contribution in [3.8, 4) is 5.75 Å². The zero-order chi connectivity index (χ0) is 23.4. The molecular formula is C26H29ClN4O3. The van der Waals surface area contributed by atoms with Gasteiger partial charge in [0, 0.05) is 24.7 Å². The van der Waals surface area contributed by atoms with Crippen molar-refractivity contribution in [2.24, 2.45) is 10.8 Å². The van der Waals surface area contributed by atoms with Gasteiger partial charge in [-0.25, -0.2) is 0 Å². The molecule has 7 nitrogen and oxygen atoms in total. The van der Waals surface area contributed by atoms with Crippen molar-refractivity contribution in [3.63, 3.8) is 0 Å². The van der Waals surface area contributed by atoms with E-state index in [2.05, 4.69) is 5.10 Å². The van der Waals surface area contributed by atoms with E-state index in [9.17, 15) is 9.90 Å². The highest BCUT2D eigenvalue weighted by atomic mass is 35.5. The fourth-order valence-corrected chi connectivity index (χ4v) is 4.22. The van der Waals surface area contributed by atoms with Gasteiger partial charge in [-0.3, -0.25) is 15.2 Å². The van der Waals surface area contributed by atoms with E-state index in [1.807, 2.05) is 72.6 Å². The molecule has 2 atom stereocenters. The lowest BCUT2D eigenvalue weighted by Crippen LogP contribution is -2.21. The molecular weight excluding hydrogens is 452 g/mol. The van der Waals surface area contributed by atoms with Crippen molar-refractivity contribution in [2.75, 3.05) is 13.1 Å². The normalized spacial score (nSPS) is 16.4. The van der Waals surface area contributed by atoms with E-state index in [-0.39, 0.29) is 24.3 Å². The summed E-state index contributed by atoms with van der Waals surface area (Å²) < 4.78 is 6.05. The molecule has 1 aliphatic heterocycles.